The quantitative estimate of drug-likeness (QED) is 0.351. The molecule has 27 heavy (non-hydrogen) atoms. The first-order valence-corrected chi connectivity index (χ1v) is 8.55. The van der Waals surface area contributed by atoms with Crippen LogP contribution >= 0.6 is 0 Å². The van der Waals surface area contributed by atoms with Crippen LogP contribution in [0.25, 0.3) is 0 Å². The Hall–Kier alpha value is -3.08. The zero-order valence-corrected chi connectivity index (χ0v) is 15.0. The third-order valence-corrected chi connectivity index (χ3v) is 4.57. The number of nitrogens with zero attached hydrogens (tertiary/aromatic N) is 4. The van der Waals surface area contributed by atoms with E-state index in [0.717, 1.165) is 0 Å². The summed E-state index contributed by atoms with van der Waals surface area (Å²) >= 11 is 0. The summed E-state index contributed by atoms with van der Waals surface area (Å²) in [5.41, 5.74) is 5.60. The fourth-order valence-corrected chi connectivity index (χ4v) is 3.42. The average Bonchev–Trinajstić information content (AvgIpc) is 3.05. The predicted octanol–water partition coefficient (Wildman–Crippen LogP) is -0.870. The van der Waals surface area contributed by atoms with Gasteiger partial charge in [-0.3, -0.25) is 19.8 Å². The summed E-state index contributed by atoms with van der Waals surface area (Å²) in [6.45, 7) is 3.75. The Morgan fingerprint density at radius 3 is 2.41 bits per heavy atom. The molecule has 1 aromatic heterocycles. The summed E-state index contributed by atoms with van der Waals surface area (Å²) < 4.78 is 5.57. The zero-order valence-electron chi connectivity index (χ0n) is 15.0. The Kier molecular flexibility index (Phi) is 5.31. The first-order valence-electron chi connectivity index (χ1n) is 8.55. The Balaban J connectivity index is 1.48. The number of hydrogen-bond donors (Lipinski definition) is 3. The van der Waals surface area contributed by atoms with Crippen LogP contribution in [0.5, 0.6) is 0 Å². The van der Waals surface area contributed by atoms with Crippen molar-refractivity contribution in [2.75, 3.05) is 13.1 Å². The van der Waals surface area contributed by atoms with Crippen molar-refractivity contribution in [2.45, 2.75) is 26.1 Å². The van der Waals surface area contributed by atoms with Gasteiger partial charge in [-0.1, -0.05) is 0 Å². The van der Waals surface area contributed by atoms with Gasteiger partial charge in [-0.15, -0.1) is 0 Å². The van der Waals surface area contributed by atoms with Crippen molar-refractivity contribution in [3.05, 3.63) is 18.5 Å². The number of amides is 4. The van der Waals surface area contributed by atoms with E-state index in [1.165, 1.54) is 17.3 Å². The highest BCUT2D eigenvalue weighted by molar-refractivity contribution is 6.06. The lowest BCUT2D eigenvalue weighted by Gasteiger charge is -2.19. The van der Waals surface area contributed by atoms with Crippen molar-refractivity contribution in [1.29, 1.82) is 0 Å². The molecule has 2 aliphatic rings. The average molecular weight is 375 g/mol. The molecule has 4 N–H and O–H groups in total. The number of fused-ring (bicyclic) bond motifs is 1. The van der Waals surface area contributed by atoms with Gasteiger partial charge in [0.25, 0.3) is 5.95 Å². The highest BCUT2D eigenvalue weighted by Gasteiger charge is 2.56. The van der Waals surface area contributed by atoms with Gasteiger partial charge in [-0.2, -0.15) is 4.99 Å². The van der Waals surface area contributed by atoms with E-state index < -0.39 is 17.9 Å². The number of aromatic nitrogens is 2. The largest absolute Gasteiger partial charge is 0.374 e. The van der Waals surface area contributed by atoms with E-state index in [4.69, 9.17) is 10.5 Å². The van der Waals surface area contributed by atoms with Crippen molar-refractivity contribution < 1.29 is 19.1 Å². The van der Waals surface area contributed by atoms with Crippen molar-refractivity contribution in [1.82, 2.24) is 25.5 Å². The monoisotopic (exact) mass is 375 g/mol. The standard InChI is InChI=1S/C16H21N7O4/c1-8-10-11(9(2)27-8)13(25)23(12(10)24)7-6-20-16(26)22-14(17)21-15-18-4-3-5-19-15/h3-5,8-11H,6-7H2,1-2H3,(H4,17,18,19,20,21,22,26). The number of carbonyl (C=O) groups excluding carboxylic acids is 3. The lowest BCUT2D eigenvalue weighted by Crippen LogP contribution is -2.46. The van der Waals surface area contributed by atoms with E-state index in [2.05, 4.69) is 25.6 Å². The van der Waals surface area contributed by atoms with Crippen LogP contribution in [0.2, 0.25) is 0 Å². The maximum absolute atomic E-state index is 12.5. The van der Waals surface area contributed by atoms with E-state index in [0.29, 0.717) is 0 Å². The molecule has 4 amide bonds. The summed E-state index contributed by atoms with van der Waals surface area (Å²) in [4.78, 5) is 49.5. The number of urea groups is 1. The number of nitrogens with two attached hydrogens (primary N) is 1. The molecule has 0 radical (unpaired) electrons. The molecule has 0 spiro atoms. The second-order valence-corrected chi connectivity index (χ2v) is 6.35. The Bertz CT molecular complexity index is 743. The summed E-state index contributed by atoms with van der Waals surface area (Å²) in [5.74, 6) is -1.48. The lowest BCUT2D eigenvalue weighted by molar-refractivity contribution is -0.143. The molecule has 0 aliphatic carbocycles. The number of likely N-dealkylation sites (tertiary alicyclic amines) is 1. The van der Waals surface area contributed by atoms with E-state index in [-0.39, 0.29) is 49.0 Å². The summed E-state index contributed by atoms with van der Waals surface area (Å²) in [6.07, 6.45) is 2.40. The highest BCUT2D eigenvalue weighted by Crippen LogP contribution is 2.39. The first-order chi connectivity index (χ1) is 12.9. The van der Waals surface area contributed by atoms with Crippen LogP contribution in [0.1, 0.15) is 13.8 Å². The lowest BCUT2D eigenvalue weighted by atomic mass is 9.91. The van der Waals surface area contributed by atoms with Gasteiger partial charge in [-0.05, 0) is 19.9 Å². The second kappa shape index (κ2) is 7.66. The molecule has 1 aromatic rings. The van der Waals surface area contributed by atoms with Crippen LogP contribution in [-0.4, -0.2) is 64.0 Å². The number of guanidine groups is 1. The highest BCUT2D eigenvalue weighted by atomic mass is 16.5. The molecule has 3 heterocycles. The fraction of sp³-hybridized carbons (Fsp3) is 0.500. The fourth-order valence-electron chi connectivity index (χ4n) is 3.42. The second-order valence-electron chi connectivity index (χ2n) is 6.35. The van der Waals surface area contributed by atoms with E-state index in [1.54, 1.807) is 19.9 Å². The van der Waals surface area contributed by atoms with Crippen LogP contribution in [0.3, 0.4) is 0 Å². The van der Waals surface area contributed by atoms with Crippen LogP contribution < -0.4 is 16.4 Å². The van der Waals surface area contributed by atoms with Crippen molar-refractivity contribution in [3.8, 4) is 0 Å². The van der Waals surface area contributed by atoms with E-state index >= 15 is 0 Å². The van der Waals surface area contributed by atoms with Crippen LogP contribution in [0.15, 0.2) is 23.5 Å². The molecule has 11 nitrogen and oxygen atoms in total. The molecule has 4 unspecified atom stereocenters. The number of rotatable bonds is 4. The molecular formula is C16H21N7O4. The first kappa shape index (κ1) is 18.7. The number of ether oxygens (including phenoxy) is 1. The molecule has 0 bridgehead atoms. The molecule has 11 heteroatoms. The van der Waals surface area contributed by atoms with Gasteiger partial charge in [0.15, 0.2) is 0 Å². The summed E-state index contributed by atoms with van der Waals surface area (Å²) in [5, 5.41) is 4.85. The van der Waals surface area contributed by atoms with Crippen molar-refractivity contribution in [2.24, 2.45) is 22.6 Å². The van der Waals surface area contributed by atoms with Gasteiger partial charge in [0.05, 0.1) is 24.0 Å². The number of aliphatic imine (C=N–C) groups is 1. The molecule has 144 valence electrons. The van der Waals surface area contributed by atoms with Gasteiger partial charge < -0.3 is 15.8 Å². The Morgan fingerprint density at radius 2 is 1.81 bits per heavy atom. The zero-order chi connectivity index (χ0) is 19.6. The van der Waals surface area contributed by atoms with Crippen molar-refractivity contribution >= 4 is 29.8 Å². The topological polar surface area (TPSA) is 152 Å². The minimum absolute atomic E-state index is 0.0797. The maximum Gasteiger partial charge on any atom is 0.321 e. The molecule has 2 saturated heterocycles. The predicted molar refractivity (Wildman–Crippen MR) is 93.6 cm³/mol. The number of imide groups is 1. The molecular weight excluding hydrogens is 354 g/mol. The van der Waals surface area contributed by atoms with E-state index in [1.807, 2.05) is 0 Å². The minimum Gasteiger partial charge on any atom is -0.374 e. The summed E-state index contributed by atoms with van der Waals surface area (Å²) in [6, 6.07) is 1.01. The van der Waals surface area contributed by atoms with Gasteiger partial charge in [-0.25, -0.2) is 14.8 Å². The van der Waals surface area contributed by atoms with Gasteiger partial charge in [0.1, 0.15) is 0 Å². The van der Waals surface area contributed by atoms with Crippen LogP contribution in [0, 0.1) is 11.8 Å². The maximum atomic E-state index is 12.5. The molecule has 2 fully saturated rings. The minimum atomic E-state index is -0.614. The SMILES string of the molecule is CC1OC(C)C2C(=O)N(CCNC(=O)NC(N)=Nc3ncccn3)C(=O)C12. The molecule has 2 aliphatic heterocycles. The van der Waals surface area contributed by atoms with Gasteiger partial charge in [0.2, 0.25) is 17.8 Å². The molecule has 4 atom stereocenters. The number of hydrogen-bond acceptors (Lipinski definition) is 7. The normalized spacial score (nSPS) is 27.6. The Morgan fingerprint density at radius 1 is 1.22 bits per heavy atom. The van der Waals surface area contributed by atoms with E-state index in [9.17, 15) is 14.4 Å². The van der Waals surface area contributed by atoms with Crippen molar-refractivity contribution in [3.63, 3.8) is 0 Å². The molecule has 3 rings (SSSR count). The molecule has 0 aromatic carbocycles. The molecule has 0 saturated carbocycles. The van der Waals surface area contributed by atoms with Crippen LogP contribution in [-0.2, 0) is 14.3 Å². The number of nitrogens with one attached hydrogen (secondary N) is 2. The van der Waals surface area contributed by atoms with Gasteiger partial charge >= 0.3 is 6.03 Å². The van der Waals surface area contributed by atoms with Crippen LogP contribution in [0.4, 0.5) is 10.7 Å². The van der Waals surface area contributed by atoms with Gasteiger partial charge in [0, 0.05) is 25.5 Å². The smallest absolute Gasteiger partial charge is 0.321 e. The third-order valence-electron chi connectivity index (χ3n) is 4.57. The number of carbonyl (C=O) groups is 3. The summed E-state index contributed by atoms with van der Waals surface area (Å²) in [7, 11) is 0. The Labute approximate surface area is 155 Å². The third kappa shape index (κ3) is 3.87.